The minimum absolute atomic E-state index is 0.845. The molecule has 238 valence electrons. The molecular formula is C42H38N4S2. The number of imidazole rings is 2. The van der Waals surface area contributed by atoms with Crippen LogP contribution in [0, 0.1) is 0 Å². The van der Waals surface area contributed by atoms with E-state index in [0.717, 1.165) is 57.2 Å². The number of hydrogen-bond donors (Lipinski definition) is 0. The third kappa shape index (κ3) is 7.35. The predicted molar refractivity (Wildman–Crippen MR) is 201 cm³/mol. The fraction of sp³-hybridized carbons (Fsp3) is 0.143. The fourth-order valence-electron chi connectivity index (χ4n) is 5.94. The number of benzene rings is 5. The van der Waals surface area contributed by atoms with Crippen LogP contribution in [0.4, 0.5) is 0 Å². The molecular weight excluding hydrogens is 625 g/mol. The second-order valence-corrected chi connectivity index (χ2v) is 13.8. The van der Waals surface area contributed by atoms with Crippen molar-refractivity contribution < 1.29 is 0 Å². The van der Waals surface area contributed by atoms with Crippen LogP contribution in [0.2, 0.25) is 0 Å². The van der Waals surface area contributed by atoms with Crippen LogP contribution in [0.3, 0.4) is 0 Å². The normalized spacial score (nSPS) is 11.2. The molecule has 4 nitrogen and oxygen atoms in total. The number of rotatable bonds is 12. The molecule has 2 aromatic heterocycles. The van der Waals surface area contributed by atoms with Gasteiger partial charge in [-0.3, -0.25) is 0 Å². The lowest BCUT2D eigenvalue weighted by Gasteiger charge is -2.09. The first-order chi connectivity index (χ1) is 23.6. The Bertz CT molecular complexity index is 1920. The average molecular weight is 663 g/mol. The van der Waals surface area contributed by atoms with E-state index in [0.29, 0.717) is 0 Å². The van der Waals surface area contributed by atoms with Crippen LogP contribution in [0.5, 0.6) is 0 Å². The van der Waals surface area contributed by atoms with Gasteiger partial charge in [0, 0.05) is 49.6 Å². The molecule has 0 aliphatic heterocycles. The molecule has 0 saturated carbocycles. The van der Waals surface area contributed by atoms with Crippen molar-refractivity contribution >= 4 is 23.5 Å². The average Bonchev–Trinajstić information content (AvgIpc) is 3.63. The first kappa shape index (κ1) is 31.8. The first-order valence-corrected chi connectivity index (χ1v) is 18.2. The van der Waals surface area contributed by atoms with E-state index in [9.17, 15) is 0 Å². The van der Waals surface area contributed by atoms with Crippen molar-refractivity contribution in [3.05, 3.63) is 179 Å². The van der Waals surface area contributed by atoms with E-state index in [1.807, 2.05) is 0 Å². The zero-order valence-electron chi connectivity index (χ0n) is 27.3. The summed E-state index contributed by atoms with van der Waals surface area (Å²) in [6, 6.07) is 51.4. The van der Waals surface area contributed by atoms with Crippen molar-refractivity contribution in [2.45, 2.75) is 34.7 Å². The molecule has 5 aromatic carbocycles. The fourth-order valence-corrected chi connectivity index (χ4v) is 7.84. The largest absolute Gasteiger partial charge is 0.325 e. The number of aromatic nitrogens is 4. The maximum atomic E-state index is 5.15. The molecule has 2 heterocycles. The van der Waals surface area contributed by atoms with Crippen LogP contribution in [0.1, 0.15) is 33.6 Å². The Labute approximate surface area is 291 Å². The zero-order chi connectivity index (χ0) is 32.7. The van der Waals surface area contributed by atoms with Crippen LogP contribution < -0.4 is 0 Å². The Balaban J connectivity index is 1.04. The molecule has 7 aromatic rings. The van der Waals surface area contributed by atoms with E-state index < -0.39 is 0 Å². The molecule has 0 aliphatic carbocycles. The molecule has 0 saturated heterocycles. The van der Waals surface area contributed by atoms with Gasteiger partial charge in [0.25, 0.3) is 0 Å². The van der Waals surface area contributed by atoms with Crippen molar-refractivity contribution in [3.63, 3.8) is 0 Å². The van der Waals surface area contributed by atoms with Crippen LogP contribution in [-0.2, 0) is 38.4 Å². The van der Waals surface area contributed by atoms with Crippen LogP contribution in [0.25, 0.3) is 22.5 Å². The molecule has 0 atom stereocenters. The van der Waals surface area contributed by atoms with E-state index in [-0.39, 0.29) is 0 Å². The second kappa shape index (κ2) is 15.0. The maximum Gasteiger partial charge on any atom is 0.168 e. The molecule has 0 amide bonds. The highest BCUT2D eigenvalue weighted by Crippen LogP contribution is 2.33. The Morgan fingerprint density at radius 3 is 1.10 bits per heavy atom. The zero-order valence-corrected chi connectivity index (χ0v) is 28.9. The van der Waals surface area contributed by atoms with E-state index >= 15 is 0 Å². The van der Waals surface area contributed by atoms with Gasteiger partial charge >= 0.3 is 0 Å². The van der Waals surface area contributed by atoms with Crippen LogP contribution in [-0.4, -0.2) is 19.1 Å². The van der Waals surface area contributed by atoms with Gasteiger partial charge in [0.05, 0.1) is 22.8 Å². The monoisotopic (exact) mass is 662 g/mol. The summed E-state index contributed by atoms with van der Waals surface area (Å²) >= 11 is 3.59. The lowest BCUT2D eigenvalue weighted by molar-refractivity contribution is 0.750. The molecule has 0 bridgehead atoms. The highest BCUT2D eigenvalue weighted by atomic mass is 32.2. The third-order valence-corrected chi connectivity index (χ3v) is 10.8. The topological polar surface area (TPSA) is 35.6 Å². The van der Waals surface area contributed by atoms with Gasteiger partial charge in [0.15, 0.2) is 10.3 Å². The Morgan fingerprint density at radius 2 is 0.750 bits per heavy atom. The quantitative estimate of drug-likeness (QED) is 0.122. The molecule has 0 radical (unpaired) electrons. The molecule has 48 heavy (non-hydrogen) atoms. The Morgan fingerprint density at radius 1 is 0.417 bits per heavy atom. The van der Waals surface area contributed by atoms with Gasteiger partial charge in [-0.1, -0.05) is 169 Å². The van der Waals surface area contributed by atoms with Crippen molar-refractivity contribution in [2.24, 2.45) is 14.1 Å². The predicted octanol–water partition coefficient (Wildman–Crippen LogP) is 10.3. The smallest absolute Gasteiger partial charge is 0.168 e. The van der Waals surface area contributed by atoms with Gasteiger partial charge in [-0.2, -0.15) is 0 Å². The highest BCUT2D eigenvalue weighted by molar-refractivity contribution is 7.98. The van der Waals surface area contributed by atoms with Crippen molar-refractivity contribution in [2.75, 3.05) is 0 Å². The number of thioether (sulfide) groups is 2. The summed E-state index contributed by atoms with van der Waals surface area (Å²) in [4.78, 5) is 10.3. The molecule has 0 aliphatic rings. The van der Waals surface area contributed by atoms with E-state index in [1.165, 1.54) is 33.6 Å². The summed E-state index contributed by atoms with van der Waals surface area (Å²) in [5.41, 5.74) is 12.1. The van der Waals surface area contributed by atoms with Crippen LogP contribution >= 0.6 is 23.5 Å². The molecule has 7 rings (SSSR count). The Hall–Kier alpha value is -4.78. The van der Waals surface area contributed by atoms with Crippen molar-refractivity contribution in [3.8, 4) is 22.5 Å². The summed E-state index contributed by atoms with van der Waals surface area (Å²) in [5.74, 6) is 1.72. The number of nitrogens with zero attached hydrogens (tertiary/aromatic N) is 4. The standard InChI is InChI=1S/C42H38N4S2/c1-45-37(27-31-15-7-3-8-16-31)39(35-19-11-5-12-20-35)43-41(45)47-29-33-23-25-34(26-24-33)30-48-42-44-40(36-21-13-6-14-22-36)38(46(42)2)28-32-17-9-4-10-18-32/h3-26H,27-30H2,1-2H3. The third-order valence-electron chi connectivity index (χ3n) is 8.63. The SMILES string of the molecule is Cn1c(SCc2ccc(CSc3nc(-c4ccccc4)c(Cc4ccccc4)n3C)cc2)nc(-c2ccccc2)c1Cc1ccccc1. The summed E-state index contributed by atoms with van der Waals surface area (Å²) in [6.45, 7) is 0. The van der Waals surface area contributed by atoms with E-state index in [1.54, 1.807) is 23.5 Å². The van der Waals surface area contributed by atoms with Crippen molar-refractivity contribution in [1.29, 1.82) is 0 Å². The molecule has 0 N–H and O–H groups in total. The molecule has 0 spiro atoms. The second-order valence-electron chi connectivity index (χ2n) is 11.9. The van der Waals surface area contributed by atoms with E-state index in [4.69, 9.17) is 9.97 Å². The molecule has 0 unspecified atom stereocenters. The first-order valence-electron chi connectivity index (χ1n) is 16.3. The minimum Gasteiger partial charge on any atom is -0.325 e. The van der Waals surface area contributed by atoms with Gasteiger partial charge < -0.3 is 9.13 Å². The summed E-state index contributed by atoms with van der Waals surface area (Å²) in [7, 11) is 4.29. The summed E-state index contributed by atoms with van der Waals surface area (Å²) in [5, 5.41) is 2.07. The molecule has 0 fully saturated rings. The van der Waals surface area contributed by atoms with E-state index in [2.05, 4.69) is 169 Å². The summed E-state index contributed by atoms with van der Waals surface area (Å²) < 4.78 is 4.54. The lowest BCUT2D eigenvalue weighted by Crippen LogP contribution is -2.00. The van der Waals surface area contributed by atoms with Crippen molar-refractivity contribution in [1.82, 2.24) is 19.1 Å². The van der Waals surface area contributed by atoms with Gasteiger partial charge in [-0.15, -0.1) is 0 Å². The maximum absolute atomic E-state index is 5.15. The molecule has 6 heteroatoms. The highest BCUT2D eigenvalue weighted by Gasteiger charge is 2.19. The van der Waals surface area contributed by atoms with Crippen LogP contribution in [0.15, 0.2) is 156 Å². The number of hydrogen-bond acceptors (Lipinski definition) is 4. The Kier molecular flexibility index (Phi) is 9.92. The van der Waals surface area contributed by atoms with Gasteiger partial charge in [0.1, 0.15) is 0 Å². The lowest BCUT2D eigenvalue weighted by atomic mass is 10.0. The van der Waals surface area contributed by atoms with Gasteiger partial charge in [-0.05, 0) is 22.3 Å². The van der Waals surface area contributed by atoms with Gasteiger partial charge in [0.2, 0.25) is 0 Å². The van der Waals surface area contributed by atoms with Gasteiger partial charge in [-0.25, -0.2) is 9.97 Å². The minimum atomic E-state index is 0.845. The summed E-state index contributed by atoms with van der Waals surface area (Å²) in [6.07, 6.45) is 1.69.